The molecule has 0 atom stereocenters. The average Bonchev–Trinajstić information content (AvgIpc) is 1.93. The van der Waals surface area contributed by atoms with Crippen LogP contribution in [0.3, 0.4) is 0 Å². The molecule has 0 aromatic carbocycles. The van der Waals surface area contributed by atoms with Gasteiger partial charge in [-0.15, -0.1) is 0 Å². The van der Waals surface area contributed by atoms with Gasteiger partial charge in [-0.05, 0) is 25.7 Å². The van der Waals surface area contributed by atoms with E-state index in [9.17, 15) is 4.79 Å². The van der Waals surface area contributed by atoms with E-state index in [1.54, 1.807) is 6.92 Å². The molecule has 1 saturated carbocycles. The maximum Gasteiger partial charge on any atom is 0.330 e. The first-order chi connectivity index (χ1) is 5.70. The largest absolute Gasteiger partial charge is 0.478 e. The quantitative estimate of drug-likeness (QED) is 0.655. The van der Waals surface area contributed by atoms with Crippen LogP contribution in [0.2, 0.25) is 0 Å². The highest BCUT2D eigenvalue weighted by Gasteiger charge is 2.15. The predicted molar refractivity (Wildman–Crippen MR) is 48.0 cm³/mol. The second kappa shape index (κ2) is 4.29. The normalized spacial score (nSPS) is 18.9. The van der Waals surface area contributed by atoms with E-state index in [2.05, 4.69) is 0 Å². The number of rotatable bonds is 4. The van der Waals surface area contributed by atoms with Crippen LogP contribution in [0.15, 0.2) is 11.6 Å². The minimum atomic E-state index is -0.788. The lowest BCUT2D eigenvalue weighted by Crippen LogP contribution is -2.10. The molecule has 0 saturated heterocycles. The van der Waals surface area contributed by atoms with Crippen LogP contribution >= 0.6 is 0 Å². The maximum atomic E-state index is 10.4. The van der Waals surface area contributed by atoms with Crippen LogP contribution in [-0.2, 0) is 4.79 Å². The van der Waals surface area contributed by atoms with E-state index in [0.29, 0.717) is 5.57 Å². The molecule has 12 heavy (non-hydrogen) atoms. The van der Waals surface area contributed by atoms with Crippen molar-refractivity contribution in [3.05, 3.63) is 11.6 Å². The summed E-state index contributed by atoms with van der Waals surface area (Å²) in [5.41, 5.74) is 0.481. The summed E-state index contributed by atoms with van der Waals surface area (Å²) in [5.74, 6) is 0.0893. The fourth-order valence-electron chi connectivity index (χ4n) is 1.40. The Kier molecular flexibility index (Phi) is 3.32. The van der Waals surface area contributed by atoms with Gasteiger partial charge in [0.25, 0.3) is 0 Å². The Hall–Kier alpha value is -0.790. The van der Waals surface area contributed by atoms with Gasteiger partial charge in [-0.25, -0.2) is 4.79 Å². The van der Waals surface area contributed by atoms with Crippen LogP contribution in [0.1, 0.15) is 39.0 Å². The number of carboxylic acids is 1. The Balaban J connectivity index is 2.14. The minimum Gasteiger partial charge on any atom is -0.478 e. The first-order valence-corrected chi connectivity index (χ1v) is 4.60. The Bertz CT molecular complexity index is 190. The van der Waals surface area contributed by atoms with E-state index in [-0.39, 0.29) is 0 Å². The van der Waals surface area contributed by atoms with E-state index in [4.69, 9.17) is 5.11 Å². The molecule has 68 valence electrons. The van der Waals surface area contributed by atoms with Gasteiger partial charge in [-0.3, -0.25) is 0 Å². The lowest BCUT2D eigenvalue weighted by molar-refractivity contribution is -0.132. The molecule has 0 amide bonds. The minimum absolute atomic E-state index is 0.481. The zero-order chi connectivity index (χ0) is 8.97. The first kappa shape index (κ1) is 9.30. The van der Waals surface area contributed by atoms with Gasteiger partial charge in [0.15, 0.2) is 0 Å². The fraction of sp³-hybridized carbons (Fsp3) is 0.700. The molecule has 0 heterocycles. The molecule has 0 aliphatic heterocycles. The number of hydrogen-bond donors (Lipinski definition) is 1. The highest BCUT2D eigenvalue weighted by atomic mass is 16.4. The monoisotopic (exact) mass is 168 g/mol. The number of aliphatic carboxylic acids is 1. The number of carbonyl (C=O) groups is 1. The number of carboxylic acid groups (broad SMARTS) is 1. The third-order valence-corrected chi connectivity index (χ3v) is 2.59. The van der Waals surface area contributed by atoms with Gasteiger partial charge in [0.2, 0.25) is 0 Å². The Morgan fingerprint density at radius 2 is 2.25 bits per heavy atom. The highest BCUT2D eigenvalue weighted by molar-refractivity contribution is 5.85. The summed E-state index contributed by atoms with van der Waals surface area (Å²) >= 11 is 0. The molecular formula is C10H16O2. The van der Waals surface area contributed by atoms with Crippen molar-refractivity contribution in [1.82, 2.24) is 0 Å². The number of hydrogen-bond acceptors (Lipinski definition) is 1. The maximum absolute atomic E-state index is 10.4. The van der Waals surface area contributed by atoms with Gasteiger partial charge in [0, 0.05) is 5.57 Å². The smallest absolute Gasteiger partial charge is 0.330 e. The Morgan fingerprint density at radius 1 is 1.58 bits per heavy atom. The fourth-order valence-corrected chi connectivity index (χ4v) is 1.40. The standard InChI is InChI=1S/C10H16O2/c1-8(10(11)12)4-2-5-9-6-3-7-9/h4,9H,2-3,5-7H2,1H3,(H,11,12). The molecule has 0 spiro atoms. The summed E-state index contributed by atoms with van der Waals surface area (Å²) in [5, 5.41) is 8.55. The Labute approximate surface area is 73.3 Å². The number of allylic oxidation sites excluding steroid dienone is 1. The second-order valence-electron chi connectivity index (χ2n) is 3.57. The summed E-state index contributed by atoms with van der Waals surface area (Å²) in [4.78, 5) is 10.4. The summed E-state index contributed by atoms with van der Waals surface area (Å²) in [6.07, 6.45) is 8.00. The molecular weight excluding hydrogens is 152 g/mol. The van der Waals surface area contributed by atoms with Crippen molar-refractivity contribution in [1.29, 1.82) is 0 Å². The van der Waals surface area contributed by atoms with Crippen molar-refractivity contribution < 1.29 is 9.90 Å². The van der Waals surface area contributed by atoms with Crippen molar-refractivity contribution in [2.75, 3.05) is 0 Å². The van der Waals surface area contributed by atoms with Gasteiger partial charge >= 0.3 is 5.97 Å². The molecule has 0 aromatic rings. The molecule has 2 nitrogen and oxygen atoms in total. The van der Waals surface area contributed by atoms with E-state index in [1.165, 1.54) is 25.7 Å². The van der Waals surface area contributed by atoms with Gasteiger partial charge in [0.1, 0.15) is 0 Å². The van der Waals surface area contributed by atoms with Crippen LogP contribution in [-0.4, -0.2) is 11.1 Å². The van der Waals surface area contributed by atoms with E-state index in [0.717, 1.165) is 12.3 Å². The molecule has 0 aromatic heterocycles. The van der Waals surface area contributed by atoms with E-state index < -0.39 is 5.97 Å². The predicted octanol–water partition coefficient (Wildman–Crippen LogP) is 2.60. The summed E-state index contributed by atoms with van der Waals surface area (Å²) < 4.78 is 0. The van der Waals surface area contributed by atoms with Crippen molar-refractivity contribution in [2.45, 2.75) is 39.0 Å². The van der Waals surface area contributed by atoms with Gasteiger partial charge in [-0.1, -0.05) is 25.3 Å². The third-order valence-electron chi connectivity index (χ3n) is 2.59. The zero-order valence-electron chi connectivity index (χ0n) is 7.55. The van der Waals surface area contributed by atoms with Crippen LogP contribution in [0.25, 0.3) is 0 Å². The van der Waals surface area contributed by atoms with Crippen LogP contribution in [0, 0.1) is 5.92 Å². The molecule has 1 aliphatic rings. The van der Waals surface area contributed by atoms with Gasteiger partial charge in [-0.2, -0.15) is 0 Å². The van der Waals surface area contributed by atoms with Crippen molar-refractivity contribution in [3.8, 4) is 0 Å². The average molecular weight is 168 g/mol. The van der Waals surface area contributed by atoms with E-state index >= 15 is 0 Å². The molecule has 2 heteroatoms. The van der Waals surface area contributed by atoms with Gasteiger partial charge in [0.05, 0.1) is 0 Å². The second-order valence-corrected chi connectivity index (χ2v) is 3.57. The molecule has 0 bridgehead atoms. The lowest BCUT2D eigenvalue weighted by atomic mass is 9.82. The summed E-state index contributed by atoms with van der Waals surface area (Å²) in [7, 11) is 0. The molecule has 1 N–H and O–H groups in total. The Morgan fingerprint density at radius 3 is 2.67 bits per heavy atom. The zero-order valence-corrected chi connectivity index (χ0v) is 7.55. The third kappa shape index (κ3) is 2.68. The van der Waals surface area contributed by atoms with Crippen LogP contribution < -0.4 is 0 Å². The molecule has 0 unspecified atom stereocenters. The van der Waals surface area contributed by atoms with Gasteiger partial charge < -0.3 is 5.11 Å². The molecule has 1 fully saturated rings. The summed E-state index contributed by atoms with van der Waals surface area (Å²) in [6.45, 7) is 1.66. The molecule has 0 radical (unpaired) electrons. The first-order valence-electron chi connectivity index (χ1n) is 4.60. The highest BCUT2D eigenvalue weighted by Crippen LogP contribution is 2.30. The van der Waals surface area contributed by atoms with Crippen LogP contribution in [0.4, 0.5) is 0 Å². The topological polar surface area (TPSA) is 37.3 Å². The molecule has 1 rings (SSSR count). The SMILES string of the molecule is CC(=CCCC1CCC1)C(=O)O. The molecule has 1 aliphatic carbocycles. The summed E-state index contributed by atoms with van der Waals surface area (Å²) in [6, 6.07) is 0. The van der Waals surface area contributed by atoms with Crippen molar-refractivity contribution in [2.24, 2.45) is 5.92 Å². The van der Waals surface area contributed by atoms with Crippen molar-refractivity contribution >= 4 is 5.97 Å². The van der Waals surface area contributed by atoms with Crippen molar-refractivity contribution in [3.63, 3.8) is 0 Å². The van der Waals surface area contributed by atoms with Crippen LogP contribution in [0.5, 0.6) is 0 Å². The lowest BCUT2D eigenvalue weighted by Gasteiger charge is -2.24. The van der Waals surface area contributed by atoms with E-state index in [1.807, 2.05) is 6.08 Å².